The summed E-state index contributed by atoms with van der Waals surface area (Å²) in [6.45, 7) is 20.0. The maximum absolute atomic E-state index is 15.1. The lowest BCUT2D eigenvalue weighted by Gasteiger charge is -2.46. The molecular formula is C23H48N2O4P2S2. The van der Waals surface area contributed by atoms with Gasteiger partial charge in [-0.05, 0) is 52.4 Å². The van der Waals surface area contributed by atoms with Gasteiger partial charge in [0, 0.05) is 40.7 Å². The van der Waals surface area contributed by atoms with Gasteiger partial charge in [0.1, 0.15) is 4.61 Å². The molecule has 0 bridgehead atoms. The average molecular weight is 543 g/mol. The molecule has 2 fully saturated rings. The van der Waals surface area contributed by atoms with Crippen LogP contribution >= 0.6 is 38.9 Å². The fourth-order valence-corrected chi connectivity index (χ4v) is 14.3. The van der Waals surface area contributed by atoms with Crippen LogP contribution in [0.1, 0.15) is 75.2 Å². The molecule has 196 valence electrons. The van der Waals surface area contributed by atoms with Gasteiger partial charge in [0.05, 0.1) is 12.3 Å². The molecule has 6 atom stereocenters. The van der Waals surface area contributed by atoms with Crippen LogP contribution in [-0.4, -0.2) is 57.6 Å². The molecular weight excluding hydrogens is 494 g/mol. The third-order valence-corrected chi connectivity index (χ3v) is 15.8. The van der Waals surface area contributed by atoms with E-state index in [0.717, 1.165) is 12.3 Å². The van der Waals surface area contributed by atoms with Crippen molar-refractivity contribution in [1.82, 2.24) is 10.6 Å². The first-order valence-corrected chi connectivity index (χ1v) is 17.3. The molecule has 2 N–H and O–H groups in total. The molecule has 2 aliphatic heterocycles. The lowest BCUT2D eigenvalue weighted by molar-refractivity contribution is 0.280. The zero-order valence-corrected chi connectivity index (χ0v) is 25.8. The molecule has 2 heterocycles. The maximum Gasteiger partial charge on any atom is 0.237 e. The van der Waals surface area contributed by atoms with E-state index in [9.17, 15) is 4.57 Å². The van der Waals surface area contributed by atoms with Crippen molar-refractivity contribution in [3.05, 3.63) is 0 Å². The number of hydrogen-bond acceptors (Lipinski definition) is 8. The molecule has 0 aliphatic carbocycles. The van der Waals surface area contributed by atoms with E-state index < -0.39 is 20.0 Å². The highest BCUT2D eigenvalue weighted by Crippen LogP contribution is 2.74. The Balaban J connectivity index is 2.33. The number of rotatable bonds is 12. The Hall–Kier alpha value is 1.000. The molecule has 6 unspecified atom stereocenters. The van der Waals surface area contributed by atoms with Crippen molar-refractivity contribution in [2.45, 2.75) is 107 Å². The van der Waals surface area contributed by atoms with E-state index in [2.05, 4.69) is 72.9 Å². The molecule has 0 aromatic carbocycles. The Morgan fingerprint density at radius 1 is 1.15 bits per heavy atom. The van der Waals surface area contributed by atoms with Gasteiger partial charge in [0.15, 0.2) is 8.03 Å². The van der Waals surface area contributed by atoms with Crippen molar-refractivity contribution >= 4 is 38.9 Å². The summed E-state index contributed by atoms with van der Waals surface area (Å²) in [5.74, 6) is 1.43. The first-order chi connectivity index (χ1) is 15.2. The van der Waals surface area contributed by atoms with Gasteiger partial charge in [-0.15, -0.1) is 23.5 Å². The minimum atomic E-state index is -3.19. The Labute approximate surface area is 211 Å². The van der Waals surface area contributed by atoms with Gasteiger partial charge in [-0.3, -0.25) is 14.4 Å². The van der Waals surface area contributed by atoms with Crippen LogP contribution in [0.15, 0.2) is 0 Å². The van der Waals surface area contributed by atoms with Gasteiger partial charge in [0.2, 0.25) is 7.37 Å². The van der Waals surface area contributed by atoms with Gasteiger partial charge in [-0.1, -0.05) is 34.6 Å². The fraction of sp³-hybridized carbons (Fsp3) is 1.00. The van der Waals surface area contributed by atoms with Gasteiger partial charge < -0.3 is 14.4 Å². The smallest absolute Gasteiger partial charge is 0.237 e. The predicted molar refractivity (Wildman–Crippen MR) is 148 cm³/mol. The van der Waals surface area contributed by atoms with Crippen molar-refractivity contribution in [3.63, 3.8) is 0 Å². The highest BCUT2D eigenvalue weighted by Gasteiger charge is 2.64. The Bertz CT molecular complexity index is 735. The summed E-state index contributed by atoms with van der Waals surface area (Å²) in [5.41, 5.74) is -0.115. The summed E-state index contributed by atoms with van der Waals surface area (Å²) >= 11 is 3.65. The SMILES string of the molecule is CCC1(P(=O)(OC)C(C(C)C)C2NCSC2(C)C)NC(CC[PH](=O)OCC(C)C)C(C)(C)S1. The summed E-state index contributed by atoms with van der Waals surface area (Å²) in [4.78, 5) is 0. The molecule has 2 rings (SSSR count). The second-order valence-electron chi connectivity index (χ2n) is 11.2. The average Bonchev–Trinajstić information content (AvgIpc) is 3.20. The third kappa shape index (κ3) is 6.47. The second-order valence-corrected chi connectivity index (χ2v) is 19.6. The molecule has 33 heavy (non-hydrogen) atoms. The van der Waals surface area contributed by atoms with Crippen LogP contribution in [-0.2, 0) is 18.2 Å². The highest BCUT2D eigenvalue weighted by molar-refractivity contribution is 8.08. The summed E-state index contributed by atoms with van der Waals surface area (Å²) in [5, 5.41) is 7.45. The summed E-state index contributed by atoms with van der Waals surface area (Å²) in [7, 11) is -3.64. The van der Waals surface area contributed by atoms with Gasteiger partial charge in [-0.25, -0.2) is 0 Å². The van der Waals surface area contributed by atoms with Crippen LogP contribution in [0.2, 0.25) is 0 Å². The van der Waals surface area contributed by atoms with Crippen molar-refractivity contribution in [2.75, 3.05) is 25.8 Å². The normalized spacial score (nSPS) is 32.8. The van der Waals surface area contributed by atoms with Crippen LogP contribution in [0.25, 0.3) is 0 Å². The van der Waals surface area contributed by atoms with Crippen LogP contribution in [0, 0.1) is 11.8 Å². The quantitative estimate of drug-likeness (QED) is 0.272. The summed E-state index contributed by atoms with van der Waals surface area (Å²) in [6, 6.07) is 0.177. The van der Waals surface area contributed by atoms with E-state index in [0.29, 0.717) is 25.1 Å². The van der Waals surface area contributed by atoms with E-state index in [1.165, 1.54) is 0 Å². The zero-order chi connectivity index (χ0) is 25.2. The largest absolute Gasteiger partial charge is 0.330 e. The molecule has 0 aromatic rings. The van der Waals surface area contributed by atoms with Crippen LogP contribution in [0.3, 0.4) is 0 Å². The lowest BCUT2D eigenvalue weighted by atomic mass is 9.93. The molecule has 2 aliphatic rings. The molecule has 6 nitrogen and oxygen atoms in total. The van der Waals surface area contributed by atoms with Crippen molar-refractivity contribution < 1.29 is 18.2 Å². The topological polar surface area (TPSA) is 76.7 Å². The lowest BCUT2D eigenvalue weighted by Crippen LogP contribution is -2.53. The van der Waals surface area contributed by atoms with Crippen LogP contribution in [0.4, 0.5) is 0 Å². The van der Waals surface area contributed by atoms with Gasteiger partial charge in [-0.2, -0.15) is 0 Å². The van der Waals surface area contributed by atoms with Gasteiger partial charge >= 0.3 is 0 Å². The van der Waals surface area contributed by atoms with Crippen LogP contribution < -0.4 is 10.6 Å². The van der Waals surface area contributed by atoms with E-state index in [4.69, 9.17) is 9.05 Å². The highest BCUT2D eigenvalue weighted by atomic mass is 32.2. The molecule has 0 aromatic heterocycles. The predicted octanol–water partition coefficient (Wildman–Crippen LogP) is 6.46. The number of hydrogen-bond donors (Lipinski definition) is 2. The molecule has 10 heteroatoms. The van der Waals surface area contributed by atoms with E-state index >= 15 is 4.57 Å². The summed E-state index contributed by atoms with van der Waals surface area (Å²) in [6.07, 6.45) is 1.97. The Morgan fingerprint density at radius 2 is 1.79 bits per heavy atom. The minimum Gasteiger partial charge on any atom is -0.330 e. The second kappa shape index (κ2) is 11.6. The Morgan fingerprint density at radius 3 is 2.24 bits per heavy atom. The Kier molecular flexibility index (Phi) is 10.6. The first-order valence-electron chi connectivity index (χ1n) is 12.3. The third-order valence-electron chi connectivity index (χ3n) is 7.05. The minimum absolute atomic E-state index is 0.0239. The molecule has 0 spiro atoms. The van der Waals surface area contributed by atoms with E-state index in [1.54, 1.807) is 18.9 Å². The van der Waals surface area contributed by atoms with Crippen molar-refractivity contribution in [2.24, 2.45) is 11.8 Å². The van der Waals surface area contributed by atoms with Crippen LogP contribution in [0.5, 0.6) is 0 Å². The number of thioether (sulfide) groups is 2. The fourth-order valence-electron chi connectivity index (χ4n) is 5.21. The summed E-state index contributed by atoms with van der Waals surface area (Å²) < 4.78 is 38.4. The standard InChI is InChI=1S/C23H48N2O4P2S2/c1-11-23(25-18(21(6,7)33-23)12-13-30(26)29-14-16(2)3)31(27,28-10)19(17(4)5)20-22(8,9)32-15-24-20/h16-20,24-25,30H,11-15H2,1-10H3. The van der Waals surface area contributed by atoms with Crippen molar-refractivity contribution in [1.29, 1.82) is 0 Å². The van der Waals surface area contributed by atoms with E-state index in [1.807, 2.05) is 11.8 Å². The molecule has 0 saturated carbocycles. The van der Waals surface area contributed by atoms with Crippen molar-refractivity contribution in [3.8, 4) is 0 Å². The first kappa shape index (κ1) is 30.2. The molecule has 0 amide bonds. The maximum atomic E-state index is 15.1. The molecule has 2 saturated heterocycles. The monoisotopic (exact) mass is 542 g/mol. The molecule has 0 radical (unpaired) electrons. The van der Waals surface area contributed by atoms with Gasteiger partial charge in [0.25, 0.3) is 0 Å². The van der Waals surface area contributed by atoms with E-state index in [-0.39, 0.29) is 33.2 Å². The zero-order valence-electron chi connectivity index (χ0n) is 22.3. The number of nitrogens with one attached hydrogen (secondary N) is 2.